The van der Waals surface area contributed by atoms with Gasteiger partial charge in [0.1, 0.15) is 11.2 Å². The molecule has 1 amide bonds. The van der Waals surface area contributed by atoms with Crippen LogP contribution in [-0.2, 0) is 11.3 Å². The molecule has 0 aliphatic rings. The monoisotopic (exact) mass is 254 g/mol. The van der Waals surface area contributed by atoms with Crippen LogP contribution in [0, 0.1) is 22.6 Å². The van der Waals surface area contributed by atoms with Crippen molar-refractivity contribution in [3.05, 3.63) is 34.6 Å². The fourth-order valence-electron chi connectivity index (χ4n) is 1.13. The molecular formula is C12H12ClFN2O. The molecule has 1 aromatic rings. The maximum absolute atomic E-state index is 13.3. The topological polar surface area (TPSA) is 52.9 Å². The van der Waals surface area contributed by atoms with E-state index in [0.29, 0.717) is 10.6 Å². The van der Waals surface area contributed by atoms with Crippen molar-refractivity contribution in [2.45, 2.75) is 20.4 Å². The summed E-state index contributed by atoms with van der Waals surface area (Å²) in [7, 11) is 0. The number of hydrogen-bond donors (Lipinski definition) is 1. The van der Waals surface area contributed by atoms with Crippen molar-refractivity contribution in [2.75, 3.05) is 0 Å². The first-order valence-corrected chi connectivity index (χ1v) is 5.38. The van der Waals surface area contributed by atoms with Crippen molar-refractivity contribution in [1.29, 1.82) is 5.26 Å². The first-order valence-electron chi connectivity index (χ1n) is 5.00. The highest BCUT2D eigenvalue weighted by Gasteiger charge is 2.26. The van der Waals surface area contributed by atoms with Crippen LogP contribution in [0.25, 0.3) is 0 Å². The third kappa shape index (κ3) is 3.43. The summed E-state index contributed by atoms with van der Waals surface area (Å²) in [4.78, 5) is 11.6. The second-order valence-electron chi connectivity index (χ2n) is 4.16. The lowest BCUT2D eigenvalue weighted by atomic mass is 9.95. The number of carbonyl (C=O) groups excluding carboxylic acids is 1. The zero-order chi connectivity index (χ0) is 13.1. The van der Waals surface area contributed by atoms with Crippen molar-refractivity contribution < 1.29 is 9.18 Å². The van der Waals surface area contributed by atoms with Gasteiger partial charge in [0.25, 0.3) is 0 Å². The predicted molar refractivity (Wildman–Crippen MR) is 62.7 cm³/mol. The standard InChI is InChI=1S/C12H12ClFN2O/c1-12(2,7-15)11(17)16-6-8-5-9(13)3-4-10(8)14/h3-5H,6H2,1-2H3,(H,16,17). The molecule has 0 aliphatic heterocycles. The summed E-state index contributed by atoms with van der Waals surface area (Å²) in [5.74, 6) is -0.885. The molecule has 1 rings (SSSR count). The molecule has 0 saturated carbocycles. The smallest absolute Gasteiger partial charge is 0.240 e. The highest BCUT2D eigenvalue weighted by atomic mass is 35.5. The highest BCUT2D eigenvalue weighted by molar-refractivity contribution is 6.30. The number of amides is 1. The summed E-state index contributed by atoms with van der Waals surface area (Å²) in [6, 6.07) is 5.98. The number of nitrogens with one attached hydrogen (secondary N) is 1. The summed E-state index contributed by atoms with van der Waals surface area (Å²) in [5.41, 5.74) is -0.839. The van der Waals surface area contributed by atoms with E-state index >= 15 is 0 Å². The summed E-state index contributed by atoms with van der Waals surface area (Å²) in [6.45, 7) is 3.00. The molecule has 0 heterocycles. The van der Waals surface area contributed by atoms with Crippen molar-refractivity contribution in [1.82, 2.24) is 5.32 Å². The van der Waals surface area contributed by atoms with Gasteiger partial charge < -0.3 is 5.32 Å². The largest absolute Gasteiger partial charge is 0.351 e. The number of nitrogens with zero attached hydrogens (tertiary/aromatic N) is 1. The van der Waals surface area contributed by atoms with Gasteiger partial charge in [-0.25, -0.2) is 4.39 Å². The molecule has 0 bridgehead atoms. The molecule has 0 saturated heterocycles. The summed E-state index contributed by atoms with van der Waals surface area (Å²) in [5, 5.41) is 11.7. The second-order valence-corrected chi connectivity index (χ2v) is 4.59. The summed E-state index contributed by atoms with van der Waals surface area (Å²) in [6.07, 6.45) is 0. The number of halogens is 2. The maximum Gasteiger partial charge on any atom is 0.240 e. The van der Waals surface area contributed by atoms with E-state index in [4.69, 9.17) is 16.9 Å². The van der Waals surface area contributed by atoms with Gasteiger partial charge in [0.05, 0.1) is 6.07 Å². The molecule has 0 unspecified atom stereocenters. The molecule has 5 heteroatoms. The molecule has 0 fully saturated rings. The van der Waals surface area contributed by atoms with Crippen LogP contribution in [0.1, 0.15) is 19.4 Å². The van der Waals surface area contributed by atoms with E-state index < -0.39 is 17.1 Å². The minimum absolute atomic E-state index is 0.0103. The third-order valence-corrected chi connectivity index (χ3v) is 2.53. The van der Waals surface area contributed by atoms with Gasteiger partial charge >= 0.3 is 0 Å². The first-order chi connectivity index (χ1) is 7.86. The molecule has 0 radical (unpaired) electrons. The lowest BCUT2D eigenvalue weighted by Gasteiger charge is -2.15. The summed E-state index contributed by atoms with van der Waals surface area (Å²) < 4.78 is 13.3. The Morgan fingerprint density at radius 2 is 2.24 bits per heavy atom. The Kier molecular flexibility index (Phi) is 4.08. The SMILES string of the molecule is CC(C)(C#N)C(=O)NCc1cc(Cl)ccc1F. The van der Waals surface area contributed by atoms with Crippen LogP contribution in [0.2, 0.25) is 5.02 Å². The van der Waals surface area contributed by atoms with E-state index in [-0.39, 0.29) is 6.54 Å². The molecule has 17 heavy (non-hydrogen) atoms. The van der Waals surface area contributed by atoms with E-state index in [1.807, 2.05) is 6.07 Å². The molecule has 0 atom stereocenters. The van der Waals surface area contributed by atoms with Gasteiger partial charge in [-0.05, 0) is 32.0 Å². The van der Waals surface area contributed by atoms with Crippen molar-refractivity contribution in [3.8, 4) is 6.07 Å². The van der Waals surface area contributed by atoms with E-state index in [2.05, 4.69) is 5.32 Å². The van der Waals surface area contributed by atoms with E-state index in [1.54, 1.807) is 0 Å². The molecule has 1 aromatic carbocycles. The van der Waals surface area contributed by atoms with Gasteiger partial charge in [-0.15, -0.1) is 0 Å². The van der Waals surface area contributed by atoms with Crippen LogP contribution in [-0.4, -0.2) is 5.91 Å². The van der Waals surface area contributed by atoms with Crippen LogP contribution in [0.15, 0.2) is 18.2 Å². The van der Waals surface area contributed by atoms with E-state index in [1.165, 1.54) is 32.0 Å². The second kappa shape index (κ2) is 5.15. The van der Waals surface area contributed by atoms with Crippen molar-refractivity contribution in [2.24, 2.45) is 5.41 Å². The summed E-state index contributed by atoms with van der Waals surface area (Å²) >= 11 is 5.72. The Balaban J connectivity index is 2.72. The molecule has 0 aliphatic carbocycles. The minimum Gasteiger partial charge on any atom is -0.351 e. The van der Waals surface area contributed by atoms with Gasteiger partial charge in [-0.1, -0.05) is 11.6 Å². The van der Waals surface area contributed by atoms with Crippen LogP contribution in [0.4, 0.5) is 4.39 Å². The average molecular weight is 255 g/mol. The predicted octanol–water partition coefficient (Wildman–Crippen LogP) is 2.65. The number of hydrogen-bond acceptors (Lipinski definition) is 2. The number of benzene rings is 1. The third-order valence-electron chi connectivity index (χ3n) is 2.29. The van der Waals surface area contributed by atoms with Crippen molar-refractivity contribution >= 4 is 17.5 Å². The molecule has 3 nitrogen and oxygen atoms in total. The Bertz CT molecular complexity index is 480. The van der Waals surface area contributed by atoms with Gasteiger partial charge in [0, 0.05) is 17.1 Å². The zero-order valence-electron chi connectivity index (χ0n) is 9.55. The van der Waals surface area contributed by atoms with Gasteiger partial charge in [0.15, 0.2) is 0 Å². The number of nitriles is 1. The van der Waals surface area contributed by atoms with Crippen LogP contribution in [0.5, 0.6) is 0 Å². The zero-order valence-corrected chi connectivity index (χ0v) is 10.3. The maximum atomic E-state index is 13.3. The Morgan fingerprint density at radius 3 is 2.82 bits per heavy atom. The number of carbonyl (C=O) groups is 1. The van der Waals surface area contributed by atoms with Crippen LogP contribution < -0.4 is 5.32 Å². The average Bonchev–Trinajstić information content (AvgIpc) is 2.29. The van der Waals surface area contributed by atoms with Gasteiger partial charge in [-0.3, -0.25) is 4.79 Å². The fourth-order valence-corrected chi connectivity index (χ4v) is 1.32. The highest BCUT2D eigenvalue weighted by Crippen LogP contribution is 2.16. The van der Waals surface area contributed by atoms with Gasteiger partial charge in [-0.2, -0.15) is 5.26 Å². The molecule has 0 aromatic heterocycles. The Morgan fingerprint density at radius 1 is 1.59 bits per heavy atom. The quantitative estimate of drug-likeness (QED) is 0.902. The van der Waals surface area contributed by atoms with Crippen LogP contribution in [0.3, 0.4) is 0 Å². The molecular weight excluding hydrogens is 243 g/mol. The lowest BCUT2D eigenvalue weighted by molar-refractivity contribution is -0.126. The van der Waals surface area contributed by atoms with Crippen LogP contribution >= 0.6 is 11.6 Å². The first kappa shape index (κ1) is 13.5. The Labute approximate surface area is 104 Å². The molecule has 0 spiro atoms. The Hall–Kier alpha value is -1.60. The van der Waals surface area contributed by atoms with E-state index in [0.717, 1.165) is 0 Å². The van der Waals surface area contributed by atoms with Crippen molar-refractivity contribution in [3.63, 3.8) is 0 Å². The minimum atomic E-state index is -1.13. The molecule has 90 valence electrons. The lowest BCUT2D eigenvalue weighted by Crippen LogP contribution is -2.35. The normalized spacial score (nSPS) is 10.8. The van der Waals surface area contributed by atoms with Gasteiger partial charge in [0.2, 0.25) is 5.91 Å². The molecule has 1 N–H and O–H groups in total. The fraction of sp³-hybridized carbons (Fsp3) is 0.333. The van der Waals surface area contributed by atoms with E-state index in [9.17, 15) is 9.18 Å². The number of rotatable bonds is 3.